The summed E-state index contributed by atoms with van der Waals surface area (Å²) in [5.74, 6) is -0.888. The Hall–Kier alpha value is -2.13. The van der Waals surface area contributed by atoms with E-state index < -0.39 is 16.0 Å². The molecule has 0 bridgehead atoms. The summed E-state index contributed by atoms with van der Waals surface area (Å²) in [5, 5.41) is 11.4. The van der Waals surface area contributed by atoms with Gasteiger partial charge in [0.25, 0.3) is 5.91 Å². The molecule has 0 aliphatic heterocycles. The molecule has 2 rings (SSSR count). The molecule has 1 fully saturated rings. The molecule has 1 amide bonds. The van der Waals surface area contributed by atoms with Gasteiger partial charge in [-0.1, -0.05) is 0 Å². The topological polar surface area (TPSA) is 113 Å². The Kier molecular flexibility index (Phi) is 5.79. The number of carboxylic acid groups (broad SMARTS) is 1. The Balaban J connectivity index is 1.91. The Morgan fingerprint density at radius 3 is 2.46 bits per heavy atom. The summed E-state index contributed by atoms with van der Waals surface area (Å²) >= 11 is 0. The van der Waals surface area contributed by atoms with Crippen molar-refractivity contribution in [2.75, 3.05) is 20.2 Å². The van der Waals surface area contributed by atoms with Gasteiger partial charge in [-0.2, -0.15) is 0 Å². The van der Waals surface area contributed by atoms with Gasteiger partial charge in [0, 0.05) is 19.6 Å². The molecule has 0 saturated heterocycles. The molecule has 0 unspecified atom stereocenters. The van der Waals surface area contributed by atoms with Crippen molar-refractivity contribution in [1.82, 2.24) is 9.62 Å². The maximum Gasteiger partial charge on any atom is 0.304 e. The first-order chi connectivity index (χ1) is 11.3. The Morgan fingerprint density at radius 2 is 1.92 bits per heavy atom. The average Bonchev–Trinajstić information content (AvgIpc) is 3.34. The average molecular weight is 356 g/mol. The molecule has 1 aliphatic carbocycles. The normalized spacial score (nSPS) is 14.4. The number of hydrogen-bond donors (Lipinski definition) is 2. The van der Waals surface area contributed by atoms with Gasteiger partial charge in [0.1, 0.15) is 5.75 Å². The predicted octanol–water partition coefficient (Wildman–Crippen LogP) is 0.439. The minimum Gasteiger partial charge on any atom is -0.484 e. The van der Waals surface area contributed by atoms with Crippen LogP contribution in [-0.2, 0) is 19.6 Å². The van der Waals surface area contributed by atoms with Crippen LogP contribution in [0, 0.1) is 0 Å². The van der Waals surface area contributed by atoms with Gasteiger partial charge < -0.3 is 15.2 Å². The van der Waals surface area contributed by atoms with Crippen molar-refractivity contribution < 1.29 is 27.9 Å². The first-order valence-electron chi connectivity index (χ1n) is 7.49. The van der Waals surface area contributed by atoms with Crippen molar-refractivity contribution in [3.8, 4) is 5.75 Å². The van der Waals surface area contributed by atoms with E-state index in [1.54, 1.807) is 0 Å². The van der Waals surface area contributed by atoms with Gasteiger partial charge >= 0.3 is 5.97 Å². The third kappa shape index (κ3) is 5.20. The molecular weight excluding hydrogens is 336 g/mol. The highest BCUT2D eigenvalue weighted by molar-refractivity contribution is 7.89. The highest BCUT2D eigenvalue weighted by atomic mass is 32.2. The minimum absolute atomic E-state index is 0.0326. The van der Waals surface area contributed by atoms with Gasteiger partial charge in [-0.25, -0.2) is 12.7 Å². The Labute approximate surface area is 140 Å². The summed E-state index contributed by atoms with van der Waals surface area (Å²) < 4.78 is 30.8. The first-order valence-corrected chi connectivity index (χ1v) is 8.93. The van der Waals surface area contributed by atoms with Gasteiger partial charge in [-0.3, -0.25) is 9.59 Å². The number of benzene rings is 1. The number of rotatable bonds is 9. The molecule has 1 aliphatic rings. The second-order valence-electron chi connectivity index (χ2n) is 5.57. The zero-order valence-corrected chi connectivity index (χ0v) is 14.1. The SMILES string of the molecule is CN(CCC(=O)O)S(=O)(=O)c1ccc(OCC(=O)NC2CC2)cc1. The lowest BCUT2D eigenvalue weighted by molar-refractivity contribution is -0.137. The Bertz CT molecular complexity index is 697. The highest BCUT2D eigenvalue weighted by Gasteiger charge is 2.23. The molecule has 2 N–H and O–H groups in total. The van der Waals surface area contributed by atoms with Crippen LogP contribution in [0.25, 0.3) is 0 Å². The van der Waals surface area contributed by atoms with Crippen LogP contribution < -0.4 is 10.1 Å². The fraction of sp³-hybridized carbons (Fsp3) is 0.467. The van der Waals surface area contributed by atoms with Crippen LogP contribution in [0.15, 0.2) is 29.2 Å². The van der Waals surface area contributed by atoms with Crippen LogP contribution >= 0.6 is 0 Å². The number of hydrogen-bond acceptors (Lipinski definition) is 5. The molecular formula is C15H20N2O6S. The first kappa shape index (κ1) is 18.2. The fourth-order valence-electron chi connectivity index (χ4n) is 1.91. The van der Waals surface area contributed by atoms with Gasteiger partial charge in [-0.05, 0) is 37.1 Å². The maximum atomic E-state index is 12.3. The van der Waals surface area contributed by atoms with E-state index in [-0.39, 0.29) is 36.4 Å². The summed E-state index contributed by atoms with van der Waals surface area (Å²) in [7, 11) is -2.43. The van der Waals surface area contributed by atoms with E-state index in [0.717, 1.165) is 17.1 Å². The van der Waals surface area contributed by atoms with E-state index in [9.17, 15) is 18.0 Å². The van der Waals surface area contributed by atoms with Crippen LogP contribution in [0.4, 0.5) is 0 Å². The van der Waals surface area contributed by atoms with Crippen molar-refractivity contribution in [3.05, 3.63) is 24.3 Å². The highest BCUT2D eigenvalue weighted by Crippen LogP contribution is 2.20. The zero-order valence-electron chi connectivity index (χ0n) is 13.3. The van der Waals surface area contributed by atoms with Crippen molar-refractivity contribution in [1.29, 1.82) is 0 Å². The summed E-state index contributed by atoms with van der Waals surface area (Å²) in [6.07, 6.45) is 1.72. The molecule has 0 atom stereocenters. The number of nitrogens with zero attached hydrogens (tertiary/aromatic N) is 1. The lowest BCUT2D eigenvalue weighted by Crippen LogP contribution is -2.30. The smallest absolute Gasteiger partial charge is 0.304 e. The number of ether oxygens (including phenoxy) is 1. The molecule has 24 heavy (non-hydrogen) atoms. The van der Waals surface area contributed by atoms with E-state index in [1.165, 1.54) is 31.3 Å². The summed E-state index contributed by atoms with van der Waals surface area (Å²) in [6.45, 7) is -0.238. The monoisotopic (exact) mass is 356 g/mol. The number of sulfonamides is 1. The minimum atomic E-state index is -3.76. The van der Waals surface area contributed by atoms with E-state index in [2.05, 4.69) is 5.32 Å². The van der Waals surface area contributed by atoms with Crippen LogP contribution in [0.5, 0.6) is 5.75 Å². The van der Waals surface area contributed by atoms with Crippen LogP contribution in [0.3, 0.4) is 0 Å². The molecule has 0 aromatic heterocycles. The molecule has 1 saturated carbocycles. The zero-order chi connectivity index (χ0) is 17.7. The van der Waals surface area contributed by atoms with Crippen LogP contribution in [0.1, 0.15) is 19.3 Å². The fourth-order valence-corrected chi connectivity index (χ4v) is 3.08. The van der Waals surface area contributed by atoms with Crippen molar-refractivity contribution >= 4 is 21.9 Å². The largest absolute Gasteiger partial charge is 0.484 e. The molecule has 1 aromatic carbocycles. The summed E-state index contributed by atoms with van der Waals surface area (Å²) in [5.41, 5.74) is 0. The number of carbonyl (C=O) groups excluding carboxylic acids is 1. The van der Waals surface area contributed by atoms with Crippen molar-refractivity contribution in [2.24, 2.45) is 0 Å². The molecule has 0 spiro atoms. The maximum absolute atomic E-state index is 12.3. The van der Waals surface area contributed by atoms with E-state index in [1.807, 2.05) is 0 Å². The number of nitrogens with one attached hydrogen (secondary N) is 1. The quantitative estimate of drug-likeness (QED) is 0.664. The number of carbonyl (C=O) groups is 2. The van der Waals surface area contributed by atoms with Gasteiger partial charge in [0.15, 0.2) is 6.61 Å². The van der Waals surface area contributed by atoms with Gasteiger partial charge in [0.2, 0.25) is 10.0 Å². The molecule has 8 nitrogen and oxygen atoms in total. The second-order valence-corrected chi connectivity index (χ2v) is 7.62. The standard InChI is InChI=1S/C15H20N2O6S/c1-17(9-8-15(19)20)24(21,22)13-6-4-12(5-7-13)23-10-14(18)16-11-2-3-11/h4-7,11H,2-3,8-10H2,1H3,(H,16,18)(H,19,20). The summed E-state index contributed by atoms with van der Waals surface area (Å²) in [4.78, 5) is 22.1. The van der Waals surface area contributed by atoms with Gasteiger partial charge in [0.05, 0.1) is 11.3 Å². The lowest BCUT2D eigenvalue weighted by atomic mass is 10.3. The third-order valence-electron chi connectivity index (χ3n) is 3.48. The van der Waals surface area contributed by atoms with Crippen molar-refractivity contribution in [3.63, 3.8) is 0 Å². The van der Waals surface area contributed by atoms with Crippen molar-refractivity contribution in [2.45, 2.75) is 30.2 Å². The third-order valence-corrected chi connectivity index (χ3v) is 5.36. The number of aliphatic carboxylic acids is 1. The van der Waals surface area contributed by atoms with Crippen LogP contribution in [-0.4, -0.2) is 55.9 Å². The van der Waals surface area contributed by atoms with E-state index >= 15 is 0 Å². The van der Waals surface area contributed by atoms with E-state index in [0.29, 0.717) is 5.75 Å². The molecule has 132 valence electrons. The molecule has 0 radical (unpaired) electrons. The van der Waals surface area contributed by atoms with Crippen LogP contribution in [0.2, 0.25) is 0 Å². The van der Waals surface area contributed by atoms with E-state index in [4.69, 9.17) is 9.84 Å². The molecule has 1 aromatic rings. The predicted molar refractivity (Wildman–Crippen MR) is 85.2 cm³/mol. The second kappa shape index (κ2) is 7.63. The number of carboxylic acids is 1. The van der Waals surface area contributed by atoms with Gasteiger partial charge in [-0.15, -0.1) is 0 Å². The summed E-state index contributed by atoms with van der Waals surface area (Å²) in [6, 6.07) is 5.90. The Morgan fingerprint density at radius 1 is 1.29 bits per heavy atom. The molecule has 9 heteroatoms. The lowest BCUT2D eigenvalue weighted by Gasteiger charge is -2.16. The number of amides is 1. The molecule has 0 heterocycles.